The van der Waals surface area contributed by atoms with Crippen LogP contribution in [0.1, 0.15) is 31.2 Å². The lowest BCUT2D eigenvalue weighted by molar-refractivity contribution is -0.109. The summed E-state index contributed by atoms with van der Waals surface area (Å²) in [7, 11) is 3.33. The zero-order valence-electron chi connectivity index (χ0n) is 14.1. The zero-order valence-corrected chi connectivity index (χ0v) is 14.1. The van der Waals surface area contributed by atoms with Gasteiger partial charge in [-0.05, 0) is 37.2 Å². The molecule has 1 aliphatic rings. The normalized spacial score (nSPS) is 15.9. The monoisotopic (exact) mass is 321 g/mol. The van der Waals surface area contributed by atoms with Gasteiger partial charge in [0, 0.05) is 27.3 Å². The van der Waals surface area contributed by atoms with Gasteiger partial charge in [0.05, 0.1) is 0 Å². The minimum absolute atomic E-state index is 0.121. The predicted octanol–water partition coefficient (Wildman–Crippen LogP) is 3.43. The summed E-state index contributed by atoms with van der Waals surface area (Å²) in [6.45, 7) is 1.87. The zero-order chi connectivity index (χ0) is 16.5. The minimum Gasteiger partial charge on any atom is -0.445 e. The summed E-state index contributed by atoms with van der Waals surface area (Å²) >= 11 is 0. The predicted molar refractivity (Wildman–Crippen MR) is 88.0 cm³/mol. The lowest BCUT2D eigenvalue weighted by Crippen LogP contribution is -2.38. The van der Waals surface area contributed by atoms with E-state index < -0.39 is 0 Å². The average Bonchev–Trinajstić information content (AvgIpc) is 2.62. The molecule has 1 aromatic rings. The van der Waals surface area contributed by atoms with E-state index in [1.807, 2.05) is 35.2 Å². The molecule has 0 radical (unpaired) electrons. The maximum absolute atomic E-state index is 12.1. The third kappa shape index (κ3) is 5.84. The SMILES string of the molecule is COC(CCC1CCN(C(=O)OCc2ccccc2)CC1)OC. The molecule has 0 aromatic heterocycles. The number of hydrogen-bond acceptors (Lipinski definition) is 4. The Morgan fingerprint density at radius 2 is 1.83 bits per heavy atom. The average molecular weight is 321 g/mol. The Kier molecular flexibility index (Phi) is 7.36. The first-order chi connectivity index (χ1) is 11.2. The van der Waals surface area contributed by atoms with Crippen molar-refractivity contribution >= 4 is 6.09 Å². The maximum atomic E-state index is 12.1. The summed E-state index contributed by atoms with van der Waals surface area (Å²) in [6.07, 6.45) is 3.67. The van der Waals surface area contributed by atoms with Gasteiger partial charge in [0.15, 0.2) is 6.29 Å². The van der Waals surface area contributed by atoms with Gasteiger partial charge in [-0.25, -0.2) is 4.79 Å². The van der Waals surface area contributed by atoms with Crippen LogP contribution < -0.4 is 0 Å². The summed E-state index contributed by atoms with van der Waals surface area (Å²) in [5.74, 6) is 0.626. The highest BCUT2D eigenvalue weighted by Crippen LogP contribution is 2.23. The van der Waals surface area contributed by atoms with Gasteiger partial charge in [0.2, 0.25) is 0 Å². The Morgan fingerprint density at radius 1 is 1.17 bits per heavy atom. The van der Waals surface area contributed by atoms with Crippen molar-refractivity contribution < 1.29 is 19.0 Å². The third-order valence-corrected chi connectivity index (χ3v) is 4.41. The van der Waals surface area contributed by atoms with Crippen LogP contribution in [0.5, 0.6) is 0 Å². The summed E-state index contributed by atoms with van der Waals surface area (Å²) in [6, 6.07) is 9.76. The van der Waals surface area contributed by atoms with Crippen molar-refractivity contribution in [1.29, 1.82) is 0 Å². The molecule has 1 amide bonds. The number of carbonyl (C=O) groups is 1. The van der Waals surface area contributed by atoms with E-state index in [0.29, 0.717) is 12.5 Å². The summed E-state index contributed by atoms with van der Waals surface area (Å²) in [5.41, 5.74) is 1.01. The smallest absolute Gasteiger partial charge is 0.410 e. The number of ether oxygens (including phenoxy) is 3. The number of rotatable bonds is 7. The molecule has 1 fully saturated rings. The van der Waals surface area contributed by atoms with Crippen LogP contribution in [0.4, 0.5) is 4.79 Å². The molecule has 0 spiro atoms. The number of piperidine rings is 1. The number of benzene rings is 1. The topological polar surface area (TPSA) is 48.0 Å². The fourth-order valence-corrected chi connectivity index (χ4v) is 2.92. The molecule has 5 nitrogen and oxygen atoms in total. The van der Waals surface area contributed by atoms with Gasteiger partial charge in [-0.3, -0.25) is 0 Å². The second-order valence-corrected chi connectivity index (χ2v) is 5.95. The first kappa shape index (κ1) is 17.8. The Morgan fingerprint density at radius 3 is 2.43 bits per heavy atom. The molecular formula is C18H27NO4. The fourth-order valence-electron chi connectivity index (χ4n) is 2.92. The van der Waals surface area contributed by atoms with Gasteiger partial charge in [0.1, 0.15) is 6.61 Å². The van der Waals surface area contributed by atoms with E-state index in [-0.39, 0.29) is 12.4 Å². The Bertz CT molecular complexity index is 453. The van der Waals surface area contributed by atoms with Gasteiger partial charge in [-0.15, -0.1) is 0 Å². The molecule has 1 saturated heterocycles. The molecule has 0 unspecified atom stereocenters. The molecule has 0 aliphatic carbocycles. The van der Waals surface area contributed by atoms with Crippen LogP contribution in [0.3, 0.4) is 0 Å². The molecule has 0 saturated carbocycles. The number of methoxy groups -OCH3 is 2. The quantitative estimate of drug-likeness (QED) is 0.722. The molecule has 5 heteroatoms. The third-order valence-electron chi connectivity index (χ3n) is 4.41. The van der Waals surface area contributed by atoms with E-state index in [2.05, 4.69) is 0 Å². The van der Waals surface area contributed by atoms with Crippen LogP contribution in [0.2, 0.25) is 0 Å². The van der Waals surface area contributed by atoms with Gasteiger partial charge in [-0.1, -0.05) is 30.3 Å². The minimum atomic E-state index is -0.209. The first-order valence-corrected chi connectivity index (χ1v) is 8.24. The lowest BCUT2D eigenvalue weighted by Gasteiger charge is -2.31. The van der Waals surface area contributed by atoms with E-state index in [0.717, 1.165) is 44.3 Å². The first-order valence-electron chi connectivity index (χ1n) is 8.24. The molecule has 1 heterocycles. The van der Waals surface area contributed by atoms with Gasteiger partial charge in [-0.2, -0.15) is 0 Å². The van der Waals surface area contributed by atoms with Crippen LogP contribution in [0.25, 0.3) is 0 Å². The van der Waals surface area contributed by atoms with Crippen LogP contribution in [0, 0.1) is 5.92 Å². The van der Waals surface area contributed by atoms with Crippen LogP contribution >= 0.6 is 0 Å². The Labute approximate surface area is 138 Å². The van der Waals surface area contributed by atoms with Crippen molar-refractivity contribution in [3.63, 3.8) is 0 Å². The standard InChI is InChI=1S/C18H27NO4/c1-21-17(22-2)9-8-15-10-12-19(13-11-15)18(20)23-14-16-6-4-3-5-7-16/h3-7,15,17H,8-14H2,1-2H3. The van der Waals surface area contributed by atoms with Crippen molar-refractivity contribution in [3.05, 3.63) is 35.9 Å². The number of amides is 1. The van der Waals surface area contributed by atoms with E-state index in [1.165, 1.54) is 0 Å². The van der Waals surface area contributed by atoms with Gasteiger partial charge < -0.3 is 19.1 Å². The van der Waals surface area contributed by atoms with Crippen molar-refractivity contribution in [2.45, 2.75) is 38.6 Å². The molecule has 128 valence electrons. The van der Waals surface area contributed by atoms with Crippen LogP contribution in [-0.2, 0) is 20.8 Å². The second-order valence-electron chi connectivity index (χ2n) is 5.95. The van der Waals surface area contributed by atoms with E-state index in [1.54, 1.807) is 14.2 Å². The molecular weight excluding hydrogens is 294 g/mol. The fraction of sp³-hybridized carbons (Fsp3) is 0.611. The molecule has 0 bridgehead atoms. The molecule has 2 rings (SSSR count). The van der Waals surface area contributed by atoms with E-state index in [4.69, 9.17) is 14.2 Å². The molecule has 0 N–H and O–H groups in total. The number of nitrogens with zero attached hydrogens (tertiary/aromatic N) is 1. The summed E-state index contributed by atoms with van der Waals surface area (Å²) in [5, 5.41) is 0. The van der Waals surface area contributed by atoms with Gasteiger partial charge in [0.25, 0.3) is 0 Å². The second kappa shape index (κ2) is 9.53. The largest absolute Gasteiger partial charge is 0.445 e. The molecule has 1 aliphatic heterocycles. The van der Waals surface area contributed by atoms with Crippen molar-refractivity contribution in [3.8, 4) is 0 Å². The van der Waals surface area contributed by atoms with E-state index >= 15 is 0 Å². The highest BCUT2D eigenvalue weighted by Gasteiger charge is 2.24. The number of hydrogen-bond donors (Lipinski definition) is 0. The number of likely N-dealkylation sites (tertiary alicyclic amines) is 1. The molecule has 1 aromatic carbocycles. The van der Waals surface area contributed by atoms with Gasteiger partial charge >= 0.3 is 6.09 Å². The highest BCUT2D eigenvalue weighted by molar-refractivity contribution is 5.67. The Balaban J connectivity index is 1.66. The summed E-state index contributed by atoms with van der Waals surface area (Å²) in [4.78, 5) is 13.9. The maximum Gasteiger partial charge on any atom is 0.410 e. The van der Waals surface area contributed by atoms with Crippen molar-refractivity contribution in [1.82, 2.24) is 4.90 Å². The molecule has 23 heavy (non-hydrogen) atoms. The number of carbonyl (C=O) groups excluding carboxylic acids is 1. The van der Waals surface area contributed by atoms with Crippen molar-refractivity contribution in [2.75, 3.05) is 27.3 Å². The van der Waals surface area contributed by atoms with Crippen LogP contribution in [-0.4, -0.2) is 44.6 Å². The highest BCUT2D eigenvalue weighted by atomic mass is 16.7. The van der Waals surface area contributed by atoms with Crippen LogP contribution in [0.15, 0.2) is 30.3 Å². The van der Waals surface area contributed by atoms with E-state index in [9.17, 15) is 4.79 Å². The summed E-state index contributed by atoms with van der Waals surface area (Å²) < 4.78 is 15.8. The Hall–Kier alpha value is -1.59. The van der Waals surface area contributed by atoms with Crippen molar-refractivity contribution in [2.24, 2.45) is 5.92 Å². The lowest BCUT2D eigenvalue weighted by atomic mass is 9.92. The molecule has 0 atom stereocenters.